The molecular formula is C12H12ClF3N2. The second-order valence-electron chi connectivity index (χ2n) is 4.18. The van der Waals surface area contributed by atoms with Crippen LogP contribution in [-0.4, -0.2) is 16.4 Å². The number of nitrogens with one attached hydrogen (secondary N) is 1. The van der Waals surface area contributed by atoms with Crippen LogP contribution >= 0.6 is 11.6 Å². The predicted octanol–water partition coefficient (Wildman–Crippen LogP) is 4.49. The molecule has 6 heteroatoms. The van der Waals surface area contributed by atoms with Crippen LogP contribution in [0.15, 0.2) is 18.2 Å². The lowest BCUT2D eigenvalue weighted by molar-refractivity contribution is -0.135. The Labute approximate surface area is 107 Å². The average molecular weight is 277 g/mol. The Hall–Kier alpha value is -1.23. The number of halogens is 4. The van der Waals surface area contributed by atoms with Gasteiger partial charge in [-0.05, 0) is 37.5 Å². The van der Waals surface area contributed by atoms with Gasteiger partial charge >= 0.3 is 6.18 Å². The largest absolute Gasteiger partial charge is 0.389 e. The van der Waals surface area contributed by atoms with Crippen molar-refractivity contribution < 1.29 is 13.2 Å². The number of hydrogen-bond donors (Lipinski definition) is 1. The number of rotatable bonds is 4. The zero-order valence-corrected chi connectivity index (χ0v) is 10.3. The van der Waals surface area contributed by atoms with Gasteiger partial charge in [-0.1, -0.05) is 11.6 Å². The summed E-state index contributed by atoms with van der Waals surface area (Å²) < 4.78 is 36.0. The summed E-state index contributed by atoms with van der Waals surface area (Å²) in [5, 5.41) is 8.43. The first-order chi connectivity index (χ1) is 8.46. The van der Waals surface area contributed by atoms with E-state index in [4.69, 9.17) is 11.6 Å². The van der Waals surface area contributed by atoms with E-state index in [2.05, 4.69) is 10.2 Å². The molecule has 0 aliphatic carbocycles. The molecule has 1 aromatic carbocycles. The van der Waals surface area contributed by atoms with Gasteiger partial charge in [-0.3, -0.25) is 5.10 Å². The summed E-state index contributed by atoms with van der Waals surface area (Å²) in [5.74, 6) is 0. The number of nitrogens with zero attached hydrogens (tertiary/aromatic N) is 1. The van der Waals surface area contributed by atoms with Crippen molar-refractivity contribution in [3.63, 3.8) is 0 Å². The lowest BCUT2D eigenvalue weighted by Gasteiger charge is -2.04. The van der Waals surface area contributed by atoms with Crippen molar-refractivity contribution in [1.29, 1.82) is 0 Å². The topological polar surface area (TPSA) is 28.7 Å². The highest BCUT2D eigenvalue weighted by Gasteiger charge is 2.25. The van der Waals surface area contributed by atoms with E-state index in [-0.39, 0.29) is 6.42 Å². The molecule has 0 radical (unpaired) electrons. The highest BCUT2D eigenvalue weighted by atomic mass is 35.5. The summed E-state index contributed by atoms with van der Waals surface area (Å²) in [6.45, 7) is 0. The first kappa shape index (κ1) is 13.2. The molecule has 1 aromatic heterocycles. The van der Waals surface area contributed by atoms with E-state index in [1.54, 1.807) is 12.1 Å². The number of unbranched alkanes of at least 4 members (excludes halogenated alkanes) is 1. The van der Waals surface area contributed by atoms with E-state index < -0.39 is 12.6 Å². The van der Waals surface area contributed by atoms with E-state index in [1.165, 1.54) is 0 Å². The lowest BCUT2D eigenvalue weighted by atomic mass is 10.1. The van der Waals surface area contributed by atoms with Gasteiger partial charge in [0.1, 0.15) is 0 Å². The van der Waals surface area contributed by atoms with Gasteiger partial charge in [0.2, 0.25) is 0 Å². The summed E-state index contributed by atoms with van der Waals surface area (Å²) in [5.41, 5.74) is 1.62. The molecule has 0 saturated carbocycles. The Morgan fingerprint density at radius 3 is 2.72 bits per heavy atom. The molecule has 0 bridgehead atoms. The highest BCUT2D eigenvalue weighted by Crippen LogP contribution is 2.25. The van der Waals surface area contributed by atoms with E-state index in [1.807, 2.05) is 6.07 Å². The summed E-state index contributed by atoms with van der Waals surface area (Å²) in [4.78, 5) is 0. The van der Waals surface area contributed by atoms with Gasteiger partial charge in [0, 0.05) is 16.8 Å². The summed E-state index contributed by atoms with van der Waals surface area (Å²) in [6, 6.07) is 5.33. The molecule has 0 fully saturated rings. The van der Waals surface area contributed by atoms with Crippen LogP contribution in [0.2, 0.25) is 5.02 Å². The molecule has 1 heterocycles. The van der Waals surface area contributed by atoms with Crippen LogP contribution in [0.3, 0.4) is 0 Å². The third kappa shape index (κ3) is 3.38. The van der Waals surface area contributed by atoms with Crippen molar-refractivity contribution in [3.05, 3.63) is 28.9 Å². The van der Waals surface area contributed by atoms with Crippen LogP contribution in [0.25, 0.3) is 10.9 Å². The number of fused-ring (bicyclic) bond motifs is 1. The van der Waals surface area contributed by atoms with Gasteiger partial charge in [-0.15, -0.1) is 0 Å². The molecule has 0 unspecified atom stereocenters. The number of hydrogen-bond acceptors (Lipinski definition) is 1. The fraction of sp³-hybridized carbons (Fsp3) is 0.417. The molecule has 2 nitrogen and oxygen atoms in total. The van der Waals surface area contributed by atoms with E-state index in [9.17, 15) is 13.2 Å². The fourth-order valence-corrected chi connectivity index (χ4v) is 2.02. The molecule has 0 aliphatic heterocycles. The Kier molecular flexibility index (Phi) is 3.80. The van der Waals surface area contributed by atoms with Crippen molar-refractivity contribution >= 4 is 22.5 Å². The summed E-state index contributed by atoms with van der Waals surface area (Å²) >= 11 is 5.88. The van der Waals surface area contributed by atoms with Crippen molar-refractivity contribution in [2.75, 3.05) is 0 Å². The third-order valence-corrected chi connectivity index (χ3v) is 2.96. The number of alkyl halides is 3. The Bertz CT molecular complexity index is 534. The Morgan fingerprint density at radius 2 is 2.00 bits per heavy atom. The number of aryl methyl sites for hydroxylation is 1. The van der Waals surface area contributed by atoms with E-state index in [0.29, 0.717) is 17.9 Å². The monoisotopic (exact) mass is 276 g/mol. The van der Waals surface area contributed by atoms with Gasteiger partial charge in [0.15, 0.2) is 0 Å². The maximum atomic E-state index is 12.0. The van der Waals surface area contributed by atoms with E-state index in [0.717, 1.165) is 16.6 Å². The summed E-state index contributed by atoms with van der Waals surface area (Å²) in [7, 11) is 0. The van der Waals surface area contributed by atoms with Gasteiger partial charge < -0.3 is 0 Å². The average Bonchev–Trinajstić information content (AvgIpc) is 2.66. The second kappa shape index (κ2) is 5.18. The van der Waals surface area contributed by atoms with Crippen LogP contribution in [0.4, 0.5) is 13.2 Å². The molecule has 98 valence electrons. The minimum absolute atomic E-state index is 0.123. The molecule has 0 saturated heterocycles. The molecule has 2 aromatic rings. The summed E-state index contributed by atoms with van der Waals surface area (Å²) in [6.07, 6.45) is -3.70. The molecule has 0 aliphatic rings. The second-order valence-corrected chi connectivity index (χ2v) is 4.62. The van der Waals surface area contributed by atoms with Crippen molar-refractivity contribution in [3.8, 4) is 0 Å². The number of aromatic amines is 1. The first-order valence-corrected chi connectivity index (χ1v) is 6.03. The van der Waals surface area contributed by atoms with Gasteiger partial charge in [-0.25, -0.2) is 0 Å². The van der Waals surface area contributed by atoms with Gasteiger partial charge in [0.25, 0.3) is 0 Å². The van der Waals surface area contributed by atoms with E-state index >= 15 is 0 Å². The molecule has 0 atom stereocenters. The zero-order valence-electron chi connectivity index (χ0n) is 9.52. The molecule has 18 heavy (non-hydrogen) atoms. The number of aromatic nitrogens is 2. The Morgan fingerprint density at radius 1 is 1.22 bits per heavy atom. The zero-order chi connectivity index (χ0) is 13.2. The van der Waals surface area contributed by atoms with Gasteiger partial charge in [-0.2, -0.15) is 18.3 Å². The van der Waals surface area contributed by atoms with Crippen LogP contribution in [0.5, 0.6) is 0 Å². The predicted molar refractivity (Wildman–Crippen MR) is 64.7 cm³/mol. The molecular weight excluding hydrogens is 265 g/mol. The molecule has 1 N–H and O–H groups in total. The number of H-pyrrole nitrogens is 1. The molecule has 2 rings (SSSR count). The molecule has 0 amide bonds. The van der Waals surface area contributed by atoms with Crippen LogP contribution in [0.1, 0.15) is 25.0 Å². The fourth-order valence-electron chi connectivity index (χ4n) is 1.85. The highest BCUT2D eigenvalue weighted by molar-refractivity contribution is 6.31. The smallest absolute Gasteiger partial charge is 0.278 e. The van der Waals surface area contributed by atoms with Crippen molar-refractivity contribution in [1.82, 2.24) is 10.2 Å². The maximum absolute atomic E-state index is 12.0. The standard InChI is InChI=1S/C12H12ClF3N2/c13-8-4-5-11-9(7-8)10(17-18-11)3-1-2-6-12(14,15)16/h4-5,7H,1-3,6H2,(H,17,18). The minimum atomic E-state index is -4.07. The van der Waals surface area contributed by atoms with Crippen LogP contribution in [-0.2, 0) is 6.42 Å². The van der Waals surface area contributed by atoms with Crippen molar-refractivity contribution in [2.45, 2.75) is 31.9 Å². The minimum Gasteiger partial charge on any atom is -0.278 e. The van der Waals surface area contributed by atoms with Gasteiger partial charge in [0.05, 0.1) is 11.2 Å². The number of benzene rings is 1. The SMILES string of the molecule is FC(F)(F)CCCCc1n[nH]c2ccc(Cl)cc12. The Balaban J connectivity index is 1.98. The van der Waals surface area contributed by atoms with Crippen LogP contribution < -0.4 is 0 Å². The first-order valence-electron chi connectivity index (χ1n) is 5.65. The normalized spacial score (nSPS) is 12.2. The lowest BCUT2D eigenvalue weighted by Crippen LogP contribution is -2.06. The quantitative estimate of drug-likeness (QED) is 0.819. The van der Waals surface area contributed by atoms with Crippen molar-refractivity contribution in [2.24, 2.45) is 0 Å². The maximum Gasteiger partial charge on any atom is 0.389 e. The third-order valence-electron chi connectivity index (χ3n) is 2.73. The molecule has 0 spiro atoms. The van der Waals surface area contributed by atoms with Crippen LogP contribution in [0, 0.1) is 0 Å².